The number of amides is 1. The highest BCUT2D eigenvalue weighted by atomic mass is 35.5. The van der Waals surface area contributed by atoms with Gasteiger partial charge in [0.1, 0.15) is 11.6 Å². The molecular weight excluding hydrogens is 471 g/mol. The molecule has 2 saturated heterocycles. The maximum Gasteiger partial charge on any atom is 0.217 e. The molecule has 2 unspecified atom stereocenters. The molecule has 1 amide bonds. The molecule has 2 fully saturated rings. The predicted octanol–water partition coefficient (Wildman–Crippen LogP) is 4.63. The Morgan fingerprint density at radius 1 is 1.18 bits per heavy atom. The van der Waals surface area contributed by atoms with Crippen molar-refractivity contribution < 1.29 is 4.79 Å². The molecule has 9 heteroatoms. The number of benzene rings is 1. The molecule has 2 aromatic rings. The summed E-state index contributed by atoms with van der Waals surface area (Å²) < 4.78 is 0. The number of nitrogens with zero attached hydrogens (tertiary/aromatic N) is 4. The number of aromatic nitrogens is 2. The van der Waals surface area contributed by atoms with Crippen LogP contribution in [0.15, 0.2) is 30.6 Å². The first-order valence-electron chi connectivity index (χ1n) is 12.1. The average molecular weight is 505 g/mol. The topological polar surface area (TPSA) is 73.4 Å². The maximum absolute atomic E-state index is 11.3. The SMILES string of the molecule is CC(=O)N[C@H](C)CN1CCCC(C2CN(c3cncc(NC(C)c4ccc(Cl)cc4Cl)n3)C2)C1. The van der Waals surface area contributed by atoms with Crippen molar-refractivity contribution in [1.82, 2.24) is 20.2 Å². The van der Waals surface area contributed by atoms with E-state index in [2.05, 4.69) is 32.3 Å². The Balaban J connectivity index is 1.30. The van der Waals surface area contributed by atoms with E-state index in [1.807, 2.05) is 25.3 Å². The molecule has 2 aliphatic rings. The van der Waals surface area contributed by atoms with Crippen LogP contribution in [0.5, 0.6) is 0 Å². The van der Waals surface area contributed by atoms with Gasteiger partial charge in [0.05, 0.1) is 18.4 Å². The Morgan fingerprint density at radius 2 is 1.97 bits per heavy atom. The van der Waals surface area contributed by atoms with E-state index in [1.54, 1.807) is 19.2 Å². The maximum atomic E-state index is 11.3. The summed E-state index contributed by atoms with van der Waals surface area (Å²) in [4.78, 5) is 25.3. The lowest BCUT2D eigenvalue weighted by atomic mass is 9.80. The van der Waals surface area contributed by atoms with Gasteiger partial charge in [-0.25, -0.2) is 4.98 Å². The minimum Gasteiger partial charge on any atom is -0.362 e. The van der Waals surface area contributed by atoms with Crippen LogP contribution in [0.2, 0.25) is 10.0 Å². The van der Waals surface area contributed by atoms with Gasteiger partial charge in [0, 0.05) is 49.2 Å². The van der Waals surface area contributed by atoms with Crippen LogP contribution >= 0.6 is 23.2 Å². The average Bonchev–Trinajstić information content (AvgIpc) is 2.72. The van der Waals surface area contributed by atoms with Crippen molar-refractivity contribution in [2.75, 3.05) is 42.9 Å². The van der Waals surface area contributed by atoms with E-state index in [1.165, 1.54) is 12.8 Å². The Kier molecular flexibility index (Phi) is 8.17. The number of anilines is 2. The first kappa shape index (κ1) is 25.0. The molecule has 4 rings (SSSR count). The second-order valence-electron chi connectivity index (χ2n) is 9.72. The van der Waals surface area contributed by atoms with Crippen LogP contribution in [0.1, 0.15) is 45.2 Å². The highest BCUT2D eigenvalue weighted by molar-refractivity contribution is 6.35. The smallest absolute Gasteiger partial charge is 0.217 e. The first-order valence-corrected chi connectivity index (χ1v) is 12.8. The van der Waals surface area contributed by atoms with Crippen LogP contribution < -0.4 is 15.5 Å². The van der Waals surface area contributed by atoms with E-state index in [4.69, 9.17) is 28.2 Å². The zero-order valence-electron chi connectivity index (χ0n) is 20.1. The second kappa shape index (κ2) is 11.1. The molecule has 0 aliphatic carbocycles. The van der Waals surface area contributed by atoms with Crippen molar-refractivity contribution in [1.29, 1.82) is 0 Å². The van der Waals surface area contributed by atoms with Crippen molar-refractivity contribution in [3.05, 3.63) is 46.2 Å². The molecule has 1 aromatic carbocycles. The zero-order chi connectivity index (χ0) is 24.2. The van der Waals surface area contributed by atoms with Crippen molar-refractivity contribution in [2.45, 2.75) is 45.7 Å². The van der Waals surface area contributed by atoms with Gasteiger partial charge >= 0.3 is 0 Å². The number of carbonyl (C=O) groups is 1. The van der Waals surface area contributed by atoms with Gasteiger partial charge in [-0.3, -0.25) is 9.78 Å². The third-order valence-electron chi connectivity index (χ3n) is 6.84. The molecule has 34 heavy (non-hydrogen) atoms. The van der Waals surface area contributed by atoms with Gasteiger partial charge in [0.15, 0.2) is 0 Å². The molecule has 0 spiro atoms. The van der Waals surface area contributed by atoms with E-state index in [0.717, 1.165) is 49.9 Å². The van der Waals surface area contributed by atoms with Gasteiger partial charge < -0.3 is 20.4 Å². The Bertz CT molecular complexity index is 999. The van der Waals surface area contributed by atoms with E-state index in [9.17, 15) is 4.79 Å². The van der Waals surface area contributed by atoms with Gasteiger partial charge in [-0.2, -0.15) is 0 Å². The van der Waals surface area contributed by atoms with Gasteiger partial charge in [-0.1, -0.05) is 29.3 Å². The molecule has 0 saturated carbocycles. The fourth-order valence-corrected chi connectivity index (χ4v) is 5.72. The van der Waals surface area contributed by atoms with Crippen LogP contribution in [-0.2, 0) is 4.79 Å². The second-order valence-corrected chi connectivity index (χ2v) is 10.6. The van der Waals surface area contributed by atoms with E-state index in [0.29, 0.717) is 21.9 Å². The van der Waals surface area contributed by atoms with Crippen LogP contribution in [-0.4, -0.2) is 59.5 Å². The van der Waals surface area contributed by atoms with Crippen LogP contribution in [0.4, 0.5) is 11.6 Å². The number of halogens is 2. The summed E-state index contributed by atoms with van der Waals surface area (Å²) in [5.74, 6) is 3.04. The number of nitrogens with one attached hydrogen (secondary N) is 2. The van der Waals surface area contributed by atoms with Crippen molar-refractivity contribution in [2.24, 2.45) is 11.8 Å². The molecule has 0 radical (unpaired) electrons. The zero-order valence-corrected chi connectivity index (χ0v) is 21.6. The highest BCUT2D eigenvalue weighted by Crippen LogP contribution is 2.34. The monoisotopic (exact) mass is 504 g/mol. The summed E-state index contributed by atoms with van der Waals surface area (Å²) in [5, 5.41) is 7.67. The largest absolute Gasteiger partial charge is 0.362 e. The van der Waals surface area contributed by atoms with Crippen molar-refractivity contribution in [3.8, 4) is 0 Å². The number of piperidine rings is 1. The number of carbonyl (C=O) groups excluding carboxylic acids is 1. The molecule has 184 valence electrons. The van der Waals surface area contributed by atoms with Gasteiger partial charge in [-0.05, 0) is 62.8 Å². The van der Waals surface area contributed by atoms with Crippen molar-refractivity contribution in [3.63, 3.8) is 0 Å². The summed E-state index contributed by atoms with van der Waals surface area (Å²) in [7, 11) is 0. The van der Waals surface area contributed by atoms with Gasteiger partial charge in [0.25, 0.3) is 0 Å². The molecule has 0 bridgehead atoms. The minimum atomic E-state index is -0.0217. The first-order chi connectivity index (χ1) is 16.3. The summed E-state index contributed by atoms with van der Waals surface area (Å²) in [6.07, 6.45) is 6.08. The van der Waals surface area contributed by atoms with E-state index < -0.39 is 0 Å². The summed E-state index contributed by atoms with van der Waals surface area (Å²) in [6, 6.07) is 5.70. The third kappa shape index (κ3) is 6.32. The summed E-state index contributed by atoms with van der Waals surface area (Å²) in [6.45, 7) is 10.9. The lowest BCUT2D eigenvalue weighted by Crippen LogP contribution is -2.54. The van der Waals surface area contributed by atoms with Gasteiger partial charge in [0.2, 0.25) is 5.91 Å². The molecule has 1 aromatic heterocycles. The number of likely N-dealkylation sites (tertiary alicyclic amines) is 1. The predicted molar refractivity (Wildman–Crippen MR) is 139 cm³/mol. The summed E-state index contributed by atoms with van der Waals surface area (Å²) >= 11 is 12.4. The van der Waals surface area contributed by atoms with Gasteiger partial charge in [-0.15, -0.1) is 0 Å². The molecule has 3 atom stereocenters. The molecule has 2 N–H and O–H groups in total. The molecule has 3 heterocycles. The quantitative estimate of drug-likeness (QED) is 0.545. The third-order valence-corrected chi connectivity index (χ3v) is 7.40. The van der Waals surface area contributed by atoms with Crippen LogP contribution in [0.3, 0.4) is 0 Å². The molecule has 7 nitrogen and oxygen atoms in total. The number of rotatable bonds is 8. The standard InChI is InChI=1S/C25H34Cl2N6O/c1-16(29-18(3)34)12-32-8-4-5-19(13-32)20-14-33(15-20)25-11-28-10-24(31-25)30-17(2)22-7-6-21(26)9-23(22)27/h6-7,9-11,16-17,19-20H,4-5,8,12-15H2,1-3H3,(H,29,34)(H,30,31)/t16-,17?,19?/m1/s1. The fourth-order valence-electron chi connectivity index (χ4n) is 5.15. The Labute approximate surface area is 212 Å². The lowest BCUT2D eigenvalue weighted by molar-refractivity contribution is -0.119. The van der Waals surface area contributed by atoms with E-state index >= 15 is 0 Å². The number of hydrogen-bond donors (Lipinski definition) is 2. The van der Waals surface area contributed by atoms with Crippen LogP contribution in [0, 0.1) is 11.8 Å². The number of hydrogen-bond acceptors (Lipinski definition) is 6. The lowest BCUT2D eigenvalue weighted by Gasteiger charge is -2.47. The fraction of sp³-hybridized carbons (Fsp3) is 0.560. The Morgan fingerprint density at radius 3 is 2.71 bits per heavy atom. The Hall–Kier alpha value is -2.09. The minimum absolute atomic E-state index is 0.0217. The van der Waals surface area contributed by atoms with E-state index in [-0.39, 0.29) is 18.0 Å². The van der Waals surface area contributed by atoms with Crippen LogP contribution in [0.25, 0.3) is 0 Å². The molecular formula is C25H34Cl2N6O. The normalized spacial score (nSPS) is 21.0. The van der Waals surface area contributed by atoms with Crippen molar-refractivity contribution >= 4 is 40.7 Å². The highest BCUT2D eigenvalue weighted by Gasteiger charge is 2.36. The summed E-state index contributed by atoms with van der Waals surface area (Å²) in [5.41, 5.74) is 0.969. The molecule has 2 aliphatic heterocycles.